The highest BCUT2D eigenvalue weighted by molar-refractivity contribution is 14.0. The molecule has 0 fully saturated rings. The quantitative estimate of drug-likeness (QED) is 0.282. The first-order chi connectivity index (χ1) is 13.9. The largest absolute Gasteiger partial charge is 0.416 e. The van der Waals surface area contributed by atoms with Gasteiger partial charge in [-0.2, -0.15) is 13.2 Å². The van der Waals surface area contributed by atoms with Crippen molar-refractivity contribution in [3.8, 4) is 0 Å². The highest BCUT2D eigenvalue weighted by Gasteiger charge is 2.30. The van der Waals surface area contributed by atoms with Crippen molar-refractivity contribution in [1.29, 1.82) is 0 Å². The lowest BCUT2D eigenvalue weighted by molar-refractivity contribution is -0.137. The van der Waals surface area contributed by atoms with Gasteiger partial charge in [0.25, 0.3) is 0 Å². The molecule has 160 valence electrons. The lowest BCUT2D eigenvalue weighted by Crippen LogP contribution is -2.36. The Kier molecular flexibility index (Phi) is 8.70. The third-order valence-corrected chi connectivity index (χ3v) is 4.35. The van der Waals surface area contributed by atoms with E-state index in [1.165, 1.54) is 11.6 Å². The molecule has 9 heteroatoms. The maximum Gasteiger partial charge on any atom is 0.416 e. The molecule has 0 atom stereocenters. The van der Waals surface area contributed by atoms with Gasteiger partial charge < -0.3 is 15.2 Å². The zero-order valence-corrected chi connectivity index (χ0v) is 18.7. The summed E-state index contributed by atoms with van der Waals surface area (Å²) in [7, 11) is 1.62. The number of hydrogen-bond donors (Lipinski definition) is 2. The topological polar surface area (TPSA) is 54.2 Å². The molecule has 2 aromatic carbocycles. The van der Waals surface area contributed by atoms with Crippen molar-refractivity contribution < 1.29 is 13.2 Å². The molecular weight excluding hydrogens is 506 g/mol. The third kappa shape index (κ3) is 7.05. The summed E-state index contributed by atoms with van der Waals surface area (Å²) in [5.74, 6) is 0.518. The summed E-state index contributed by atoms with van der Waals surface area (Å²) in [4.78, 5) is 8.15. The Morgan fingerprint density at radius 1 is 1.00 bits per heavy atom. The molecule has 0 aliphatic rings. The maximum absolute atomic E-state index is 12.8. The van der Waals surface area contributed by atoms with Crippen LogP contribution in [0.1, 0.15) is 22.3 Å². The van der Waals surface area contributed by atoms with Crippen LogP contribution in [0.5, 0.6) is 0 Å². The molecule has 3 rings (SSSR count). The first-order valence-corrected chi connectivity index (χ1v) is 9.08. The zero-order valence-electron chi connectivity index (χ0n) is 16.4. The van der Waals surface area contributed by atoms with Crippen LogP contribution >= 0.6 is 24.0 Å². The number of guanidine groups is 1. The van der Waals surface area contributed by atoms with Crippen molar-refractivity contribution in [2.75, 3.05) is 7.05 Å². The van der Waals surface area contributed by atoms with Crippen LogP contribution in [0.3, 0.4) is 0 Å². The van der Waals surface area contributed by atoms with Crippen molar-refractivity contribution in [2.24, 2.45) is 4.99 Å². The number of nitrogens with one attached hydrogen (secondary N) is 2. The highest BCUT2D eigenvalue weighted by atomic mass is 127. The number of nitrogens with zero attached hydrogens (tertiary/aromatic N) is 3. The molecule has 0 spiro atoms. The highest BCUT2D eigenvalue weighted by Crippen LogP contribution is 2.29. The average Bonchev–Trinajstić information content (AvgIpc) is 3.22. The Morgan fingerprint density at radius 3 is 2.27 bits per heavy atom. The van der Waals surface area contributed by atoms with Crippen LogP contribution in [0.4, 0.5) is 13.2 Å². The molecule has 1 heterocycles. The smallest absolute Gasteiger partial charge is 0.352 e. The molecule has 0 aliphatic carbocycles. The Labute approximate surface area is 190 Å². The molecule has 5 nitrogen and oxygen atoms in total. The van der Waals surface area contributed by atoms with Crippen LogP contribution in [-0.4, -0.2) is 22.6 Å². The van der Waals surface area contributed by atoms with E-state index in [0.717, 1.165) is 24.2 Å². The first-order valence-electron chi connectivity index (χ1n) is 9.08. The molecule has 0 amide bonds. The van der Waals surface area contributed by atoms with Crippen molar-refractivity contribution >= 4 is 29.9 Å². The number of alkyl halides is 3. The number of aliphatic imine (C=N–C) groups is 1. The molecule has 0 unspecified atom stereocenters. The van der Waals surface area contributed by atoms with E-state index in [1.807, 2.05) is 22.9 Å². The predicted octanol–water partition coefficient (Wildman–Crippen LogP) is 4.43. The second-order valence-corrected chi connectivity index (χ2v) is 6.53. The minimum atomic E-state index is -4.35. The number of benzene rings is 2. The van der Waals surface area contributed by atoms with Gasteiger partial charge in [0.15, 0.2) is 5.96 Å². The normalized spacial score (nSPS) is 11.7. The Balaban J connectivity index is 0.00000320. The molecule has 3 aromatic rings. The standard InChI is InChI=1S/C21H22F3N5.HI/c1-25-20(28-13-18-3-2-4-19(11-18)21(22,23)24)27-12-16-5-7-17(8-6-16)14-29-10-9-26-15-29;/h2-11,15H,12-14H2,1H3,(H2,25,27,28);1H. The fourth-order valence-corrected chi connectivity index (χ4v) is 2.80. The second kappa shape index (κ2) is 11.0. The van der Waals surface area contributed by atoms with Gasteiger partial charge >= 0.3 is 6.18 Å². The van der Waals surface area contributed by atoms with E-state index in [4.69, 9.17) is 0 Å². The summed E-state index contributed by atoms with van der Waals surface area (Å²) in [6.07, 6.45) is 1.08. The molecule has 30 heavy (non-hydrogen) atoms. The Bertz CT molecular complexity index is 938. The monoisotopic (exact) mass is 529 g/mol. The molecular formula is C21H23F3IN5. The van der Waals surface area contributed by atoms with Gasteiger partial charge in [0.2, 0.25) is 0 Å². The van der Waals surface area contributed by atoms with Crippen LogP contribution in [0.15, 0.2) is 72.2 Å². The number of halogens is 4. The van der Waals surface area contributed by atoms with Crippen LogP contribution in [0.25, 0.3) is 0 Å². The molecule has 0 bridgehead atoms. The number of aromatic nitrogens is 2. The van der Waals surface area contributed by atoms with Gasteiger partial charge in [-0.3, -0.25) is 4.99 Å². The molecule has 0 radical (unpaired) electrons. The zero-order chi connectivity index (χ0) is 20.7. The summed E-state index contributed by atoms with van der Waals surface area (Å²) in [5, 5.41) is 6.20. The molecule has 0 aliphatic heterocycles. The molecule has 1 aromatic heterocycles. The SMILES string of the molecule is CN=C(NCc1ccc(Cn2ccnc2)cc1)NCc1cccc(C(F)(F)F)c1.I. The lowest BCUT2D eigenvalue weighted by Gasteiger charge is -2.13. The van der Waals surface area contributed by atoms with Crippen molar-refractivity contribution in [2.45, 2.75) is 25.8 Å². The van der Waals surface area contributed by atoms with Gasteiger partial charge in [0.05, 0.1) is 11.9 Å². The van der Waals surface area contributed by atoms with E-state index in [2.05, 4.69) is 32.7 Å². The predicted molar refractivity (Wildman–Crippen MR) is 122 cm³/mol. The number of rotatable bonds is 6. The van der Waals surface area contributed by atoms with Crippen molar-refractivity contribution in [3.63, 3.8) is 0 Å². The van der Waals surface area contributed by atoms with Gasteiger partial charge in [0.1, 0.15) is 0 Å². The fourth-order valence-electron chi connectivity index (χ4n) is 2.80. The molecule has 2 N–H and O–H groups in total. The average molecular weight is 529 g/mol. The van der Waals surface area contributed by atoms with Gasteiger partial charge in [-0.05, 0) is 28.8 Å². The van der Waals surface area contributed by atoms with Crippen molar-refractivity contribution in [3.05, 3.63) is 89.5 Å². The van der Waals surface area contributed by atoms with Crippen LogP contribution < -0.4 is 10.6 Å². The summed E-state index contributed by atoms with van der Waals surface area (Å²) >= 11 is 0. The number of imidazole rings is 1. The lowest BCUT2D eigenvalue weighted by atomic mass is 10.1. The third-order valence-electron chi connectivity index (χ3n) is 4.35. The molecule has 0 saturated carbocycles. The van der Waals surface area contributed by atoms with E-state index in [1.54, 1.807) is 25.6 Å². The molecule has 0 saturated heterocycles. The van der Waals surface area contributed by atoms with Gasteiger partial charge in [-0.25, -0.2) is 4.98 Å². The van der Waals surface area contributed by atoms with E-state index in [-0.39, 0.29) is 30.5 Å². The summed E-state index contributed by atoms with van der Waals surface area (Å²) in [6.45, 7) is 1.55. The van der Waals surface area contributed by atoms with Gasteiger partial charge in [-0.15, -0.1) is 24.0 Å². The van der Waals surface area contributed by atoms with E-state index in [0.29, 0.717) is 18.1 Å². The van der Waals surface area contributed by atoms with E-state index in [9.17, 15) is 13.2 Å². The summed E-state index contributed by atoms with van der Waals surface area (Å²) < 4.78 is 40.4. The van der Waals surface area contributed by atoms with Crippen molar-refractivity contribution in [1.82, 2.24) is 20.2 Å². The van der Waals surface area contributed by atoms with Crippen LogP contribution in [0.2, 0.25) is 0 Å². The van der Waals surface area contributed by atoms with E-state index < -0.39 is 11.7 Å². The second-order valence-electron chi connectivity index (χ2n) is 6.53. The minimum Gasteiger partial charge on any atom is -0.352 e. The summed E-state index contributed by atoms with van der Waals surface area (Å²) in [5.41, 5.74) is 2.11. The fraction of sp³-hybridized carbons (Fsp3) is 0.238. The maximum atomic E-state index is 12.8. The van der Waals surface area contributed by atoms with Gasteiger partial charge in [-0.1, -0.05) is 36.4 Å². The van der Waals surface area contributed by atoms with Gasteiger partial charge in [0, 0.05) is 39.1 Å². The van der Waals surface area contributed by atoms with Crippen LogP contribution in [0, 0.1) is 0 Å². The Hall–Kier alpha value is -2.56. The van der Waals surface area contributed by atoms with E-state index >= 15 is 0 Å². The van der Waals surface area contributed by atoms with Crippen LogP contribution in [-0.2, 0) is 25.8 Å². The summed E-state index contributed by atoms with van der Waals surface area (Å²) in [6, 6.07) is 13.4. The number of hydrogen-bond acceptors (Lipinski definition) is 2. The minimum absolute atomic E-state index is 0. The Morgan fingerprint density at radius 2 is 1.67 bits per heavy atom. The first kappa shape index (κ1) is 23.7.